The van der Waals surface area contributed by atoms with Gasteiger partial charge in [0, 0.05) is 11.8 Å². The van der Waals surface area contributed by atoms with Gasteiger partial charge >= 0.3 is 0 Å². The van der Waals surface area contributed by atoms with Crippen molar-refractivity contribution in [2.24, 2.45) is 0 Å². The summed E-state index contributed by atoms with van der Waals surface area (Å²) in [5, 5.41) is 5.51. The van der Waals surface area contributed by atoms with E-state index < -0.39 is 6.10 Å². The second kappa shape index (κ2) is 7.75. The molecule has 0 aromatic heterocycles. The monoisotopic (exact) mass is 396 g/mol. The third-order valence-corrected chi connectivity index (χ3v) is 4.46. The first kappa shape index (κ1) is 18.7. The van der Waals surface area contributed by atoms with Crippen LogP contribution in [-0.4, -0.2) is 38.2 Å². The number of rotatable bonds is 4. The number of anilines is 2. The van der Waals surface area contributed by atoms with Crippen LogP contribution in [-0.2, 0) is 9.59 Å². The van der Waals surface area contributed by atoms with Crippen LogP contribution in [0.4, 0.5) is 11.4 Å². The van der Waals surface area contributed by atoms with Crippen LogP contribution >= 0.6 is 0 Å². The highest BCUT2D eigenvalue weighted by atomic mass is 16.6. The van der Waals surface area contributed by atoms with Gasteiger partial charge in [0.25, 0.3) is 5.91 Å². The lowest BCUT2D eigenvalue weighted by Crippen LogP contribution is -2.34. The smallest absolute Gasteiger partial charge is 0.265 e. The zero-order valence-corrected chi connectivity index (χ0v) is 16.0. The molecule has 1 atom stereocenters. The highest BCUT2D eigenvalue weighted by Crippen LogP contribution is 2.40. The number of ether oxygens (including phenoxy) is 4. The number of nitrogens with one attached hydrogen (secondary N) is 2. The molecule has 0 radical (unpaired) electrons. The Kier molecular flexibility index (Phi) is 4.99. The highest BCUT2D eigenvalue weighted by Gasteiger charge is 2.23. The lowest BCUT2D eigenvalue weighted by atomic mass is 10.1. The van der Waals surface area contributed by atoms with E-state index in [9.17, 15) is 9.59 Å². The fourth-order valence-corrected chi connectivity index (χ4v) is 3.03. The van der Waals surface area contributed by atoms with Gasteiger partial charge in [0.05, 0.1) is 12.8 Å². The first-order chi connectivity index (χ1) is 14.0. The van der Waals surface area contributed by atoms with Crippen molar-refractivity contribution < 1.29 is 28.5 Å². The maximum absolute atomic E-state index is 12.3. The Balaban J connectivity index is 1.47. The van der Waals surface area contributed by atoms with Gasteiger partial charge in [0.2, 0.25) is 11.7 Å². The van der Waals surface area contributed by atoms with E-state index in [1.165, 1.54) is 6.08 Å². The minimum absolute atomic E-state index is 0.228. The molecular weight excluding hydrogens is 376 g/mol. The van der Waals surface area contributed by atoms with Gasteiger partial charge in [0.1, 0.15) is 19.0 Å². The van der Waals surface area contributed by atoms with Gasteiger partial charge in [-0.3, -0.25) is 9.59 Å². The molecule has 2 aliphatic heterocycles. The number of amides is 2. The van der Waals surface area contributed by atoms with Crippen LogP contribution in [0.1, 0.15) is 12.5 Å². The van der Waals surface area contributed by atoms with Gasteiger partial charge in [-0.15, -0.1) is 0 Å². The lowest BCUT2D eigenvalue weighted by molar-refractivity contribution is -0.122. The van der Waals surface area contributed by atoms with Crippen LogP contribution in [0.5, 0.6) is 23.0 Å². The molecule has 0 spiro atoms. The fourth-order valence-electron chi connectivity index (χ4n) is 3.03. The second-order valence-corrected chi connectivity index (χ2v) is 6.53. The number of benzene rings is 2. The Morgan fingerprint density at radius 3 is 2.86 bits per heavy atom. The Morgan fingerprint density at radius 2 is 2.03 bits per heavy atom. The fraction of sp³-hybridized carbons (Fsp3) is 0.238. The summed E-state index contributed by atoms with van der Waals surface area (Å²) in [6, 6.07) is 8.62. The molecular formula is C21H20N2O6. The SMILES string of the molecule is COc1cc(/C=C/C(=O)Nc2ccc3c(c2)NC(=O)[C@H](C)O3)cc2c1OCCO2. The Morgan fingerprint density at radius 1 is 1.21 bits per heavy atom. The molecule has 8 heteroatoms. The van der Waals surface area contributed by atoms with Crippen LogP contribution in [0.15, 0.2) is 36.4 Å². The summed E-state index contributed by atoms with van der Waals surface area (Å²) in [5.41, 5.74) is 1.80. The zero-order chi connectivity index (χ0) is 20.4. The molecule has 8 nitrogen and oxygen atoms in total. The first-order valence-electron chi connectivity index (χ1n) is 9.12. The van der Waals surface area contributed by atoms with E-state index in [1.807, 2.05) is 0 Å². The minimum Gasteiger partial charge on any atom is -0.493 e. The largest absolute Gasteiger partial charge is 0.493 e. The maximum Gasteiger partial charge on any atom is 0.265 e. The molecule has 2 aliphatic rings. The van der Waals surface area contributed by atoms with E-state index in [-0.39, 0.29) is 11.8 Å². The van der Waals surface area contributed by atoms with Gasteiger partial charge in [0.15, 0.2) is 17.6 Å². The summed E-state index contributed by atoms with van der Waals surface area (Å²) in [6.45, 7) is 2.60. The number of carbonyl (C=O) groups excluding carboxylic acids is 2. The molecule has 150 valence electrons. The van der Waals surface area contributed by atoms with Crippen molar-refractivity contribution >= 4 is 29.3 Å². The number of methoxy groups -OCH3 is 1. The second-order valence-electron chi connectivity index (χ2n) is 6.53. The predicted molar refractivity (Wildman–Crippen MR) is 107 cm³/mol. The van der Waals surface area contributed by atoms with Crippen molar-refractivity contribution in [3.63, 3.8) is 0 Å². The van der Waals surface area contributed by atoms with Crippen molar-refractivity contribution in [1.82, 2.24) is 0 Å². The molecule has 2 aromatic rings. The topological polar surface area (TPSA) is 95.1 Å². The van der Waals surface area contributed by atoms with Gasteiger partial charge in [-0.25, -0.2) is 0 Å². The summed E-state index contributed by atoms with van der Waals surface area (Å²) in [5.74, 6) is 1.70. The average Bonchev–Trinajstić information content (AvgIpc) is 2.72. The van der Waals surface area contributed by atoms with Crippen molar-refractivity contribution in [1.29, 1.82) is 0 Å². The van der Waals surface area contributed by atoms with E-state index in [2.05, 4.69) is 10.6 Å². The third-order valence-electron chi connectivity index (χ3n) is 4.46. The molecule has 0 saturated carbocycles. The molecule has 4 rings (SSSR count). The standard InChI is InChI=1S/C21H20N2O6/c1-12-21(25)23-15-11-14(4-5-16(15)29-12)22-19(24)6-3-13-9-17(26-2)20-18(10-13)27-7-8-28-20/h3-6,9-12H,7-8H2,1-2H3,(H,22,24)(H,23,25)/b6-3+/t12-/m0/s1. The predicted octanol–water partition coefficient (Wildman–Crippen LogP) is 2.84. The van der Waals surface area contributed by atoms with E-state index >= 15 is 0 Å². The van der Waals surface area contributed by atoms with E-state index in [0.717, 1.165) is 5.56 Å². The summed E-state index contributed by atoms with van der Waals surface area (Å²) in [4.78, 5) is 24.0. The van der Waals surface area contributed by atoms with Crippen molar-refractivity contribution in [3.05, 3.63) is 42.0 Å². The molecule has 2 N–H and O–H groups in total. The van der Waals surface area contributed by atoms with Gasteiger partial charge in [-0.2, -0.15) is 0 Å². The van der Waals surface area contributed by atoms with E-state index in [0.29, 0.717) is 47.6 Å². The van der Waals surface area contributed by atoms with E-state index in [4.69, 9.17) is 18.9 Å². The van der Waals surface area contributed by atoms with Crippen LogP contribution in [0, 0.1) is 0 Å². The minimum atomic E-state index is -0.547. The summed E-state index contributed by atoms with van der Waals surface area (Å²) < 4.78 is 22.0. The van der Waals surface area contributed by atoms with Crippen molar-refractivity contribution in [2.45, 2.75) is 13.0 Å². The lowest BCUT2D eigenvalue weighted by Gasteiger charge is -2.23. The molecule has 2 aromatic carbocycles. The van der Waals surface area contributed by atoms with Gasteiger partial charge < -0.3 is 29.6 Å². The van der Waals surface area contributed by atoms with Crippen LogP contribution < -0.4 is 29.6 Å². The molecule has 0 bridgehead atoms. The molecule has 0 aliphatic carbocycles. The summed E-state index contributed by atoms with van der Waals surface area (Å²) >= 11 is 0. The Hall–Kier alpha value is -3.68. The van der Waals surface area contributed by atoms with E-state index in [1.54, 1.807) is 50.4 Å². The third kappa shape index (κ3) is 3.96. The highest BCUT2D eigenvalue weighted by molar-refractivity contribution is 6.03. The molecule has 0 fully saturated rings. The molecule has 2 amide bonds. The molecule has 2 heterocycles. The maximum atomic E-state index is 12.3. The zero-order valence-electron chi connectivity index (χ0n) is 16.0. The first-order valence-corrected chi connectivity index (χ1v) is 9.12. The number of hydrogen-bond acceptors (Lipinski definition) is 6. The summed E-state index contributed by atoms with van der Waals surface area (Å²) in [6.07, 6.45) is 2.51. The normalized spacial score (nSPS) is 17.2. The average molecular weight is 396 g/mol. The Labute approximate surface area is 167 Å². The van der Waals surface area contributed by atoms with Crippen molar-refractivity contribution in [3.8, 4) is 23.0 Å². The molecule has 0 saturated heterocycles. The van der Waals surface area contributed by atoms with Gasteiger partial charge in [-0.05, 0) is 48.9 Å². The number of fused-ring (bicyclic) bond motifs is 2. The summed E-state index contributed by atoms with van der Waals surface area (Å²) in [7, 11) is 1.55. The quantitative estimate of drug-likeness (QED) is 0.772. The molecule has 0 unspecified atom stereocenters. The number of hydrogen-bond donors (Lipinski definition) is 2. The Bertz CT molecular complexity index is 984. The van der Waals surface area contributed by atoms with Crippen molar-refractivity contribution in [2.75, 3.05) is 31.0 Å². The van der Waals surface area contributed by atoms with Crippen LogP contribution in [0.3, 0.4) is 0 Å². The number of carbonyl (C=O) groups is 2. The van der Waals surface area contributed by atoms with Gasteiger partial charge in [-0.1, -0.05) is 0 Å². The molecule has 29 heavy (non-hydrogen) atoms. The van der Waals surface area contributed by atoms with Crippen LogP contribution in [0.2, 0.25) is 0 Å². The van der Waals surface area contributed by atoms with Crippen LogP contribution in [0.25, 0.3) is 6.08 Å².